The average molecular weight is 355 g/mol. The number of halogens is 2. The Morgan fingerprint density at radius 3 is 2.08 bits per heavy atom. The van der Waals surface area contributed by atoms with E-state index in [-0.39, 0.29) is 16.3 Å². The first-order chi connectivity index (χ1) is 11.1. The second kappa shape index (κ2) is 6.76. The molecule has 0 saturated carbocycles. The lowest BCUT2D eigenvalue weighted by molar-refractivity contribution is -0.0493. The second-order valence-corrected chi connectivity index (χ2v) is 7.33. The van der Waals surface area contributed by atoms with E-state index in [2.05, 4.69) is 9.46 Å². The van der Waals surface area contributed by atoms with Gasteiger partial charge in [0.1, 0.15) is 5.75 Å². The smallest absolute Gasteiger partial charge is 0.387 e. The molecule has 4 nitrogen and oxygen atoms in total. The Kier molecular flexibility index (Phi) is 5.13. The Hall–Kier alpha value is -2.15. The van der Waals surface area contributed by atoms with Crippen molar-refractivity contribution in [2.24, 2.45) is 0 Å². The van der Waals surface area contributed by atoms with Crippen molar-refractivity contribution >= 4 is 15.7 Å². The maximum absolute atomic E-state index is 12.7. The molecule has 7 heteroatoms. The molecule has 0 aliphatic rings. The first-order valence-corrected chi connectivity index (χ1v) is 8.74. The molecule has 0 spiro atoms. The summed E-state index contributed by atoms with van der Waals surface area (Å²) < 4.78 is 57.3. The van der Waals surface area contributed by atoms with Gasteiger partial charge in [0.25, 0.3) is 10.0 Å². The molecule has 0 aliphatic carbocycles. The highest BCUT2D eigenvalue weighted by Gasteiger charge is 2.22. The molecule has 0 bridgehead atoms. The molecule has 0 atom stereocenters. The number of nitrogens with one attached hydrogen (secondary N) is 1. The van der Waals surface area contributed by atoms with E-state index in [1.165, 1.54) is 12.1 Å². The van der Waals surface area contributed by atoms with Crippen LogP contribution in [0.25, 0.3) is 0 Å². The fraction of sp³-hybridized carbons (Fsp3) is 0.294. The number of hydrogen-bond acceptors (Lipinski definition) is 3. The van der Waals surface area contributed by atoms with Gasteiger partial charge in [-0.1, -0.05) is 23.8 Å². The third-order valence-electron chi connectivity index (χ3n) is 3.47. The molecule has 2 aromatic carbocycles. The van der Waals surface area contributed by atoms with Crippen LogP contribution in [0.1, 0.15) is 22.3 Å². The molecule has 0 aliphatic heterocycles. The number of rotatable bonds is 5. The van der Waals surface area contributed by atoms with Crippen molar-refractivity contribution < 1.29 is 21.9 Å². The number of sulfonamides is 1. The van der Waals surface area contributed by atoms with Crippen LogP contribution in [0.4, 0.5) is 14.5 Å². The lowest BCUT2D eigenvalue weighted by atomic mass is 10.1. The standard InChI is InChI=1S/C17H19F2NO3S/c1-10-5-6-14(15(9-10)23-17(18)19)20-24(21,22)16-12(3)7-11(2)8-13(16)4/h5-9,17,20H,1-4H3. The van der Waals surface area contributed by atoms with E-state index in [1.807, 2.05) is 6.92 Å². The molecule has 0 aromatic heterocycles. The zero-order valence-corrected chi connectivity index (χ0v) is 14.7. The van der Waals surface area contributed by atoms with Crippen LogP contribution in [-0.4, -0.2) is 15.0 Å². The van der Waals surface area contributed by atoms with Crippen LogP contribution < -0.4 is 9.46 Å². The molecule has 1 N–H and O–H groups in total. The van der Waals surface area contributed by atoms with E-state index in [1.54, 1.807) is 39.0 Å². The Labute approximate surface area is 140 Å². The third-order valence-corrected chi connectivity index (χ3v) is 5.14. The molecule has 0 fully saturated rings. The third kappa shape index (κ3) is 4.03. The molecule has 0 radical (unpaired) electrons. The minimum Gasteiger partial charge on any atom is -0.433 e. The van der Waals surface area contributed by atoms with E-state index in [9.17, 15) is 17.2 Å². The van der Waals surface area contributed by atoms with Crippen molar-refractivity contribution in [3.05, 3.63) is 52.6 Å². The number of benzene rings is 2. The van der Waals surface area contributed by atoms with Gasteiger partial charge in [0.05, 0.1) is 10.6 Å². The first-order valence-electron chi connectivity index (χ1n) is 7.26. The van der Waals surface area contributed by atoms with Crippen molar-refractivity contribution in [1.29, 1.82) is 0 Å². The zero-order valence-electron chi connectivity index (χ0n) is 13.9. The second-order valence-electron chi connectivity index (χ2n) is 5.71. The van der Waals surface area contributed by atoms with Gasteiger partial charge in [-0.3, -0.25) is 4.72 Å². The average Bonchev–Trinajstić information content (AvgIpc) is 2.39. The van der Waals surface area contributed by atoms with Crippen molar-refractivity contribution in [3.63, 3.8) is 0 Å². The van der Waals surface area contributed by atoms with E-state index >= 15 is 0 Å². The summed E-state index contributed by atoms with van der Waals surface area (Å²) in [6.45, 7) is 3.92. The first kappa shape index (κ1) is 18.2. The van der Waals surface area contributed by atoms with Crippen LogP contribution in [0.2, 0.25) is 0 Å². The normalized spacial score (nSPS) is 11.6. The lowest BCUT2D eigenvalue weighted by Gasteiger charge is -2.16. The number of alkyl halides is 2. The molecule has 2 rings (SSSR count). The van der Waals surface area contributed by atoms with Gasteiger partial charge >= 0.3 is 6.61 Å². The Morgan fingerprint density at radius 2 is 1.54 bits per heavy atom. The number of aryl methyl sites for hydroxylation is 4. The molecule has 0 amide bonds. The van der Waals surface area contributed by atoms with Crippen molar-refractivity contribution in [2.45, 2.75) is 39.2 Å². The highest BCUT2D eigenvalue weighted by Crippen LogP contribution is 2.31. The predicted octanol–water partition coefficient (Wildman–Crippen LogP) is 4.32. The molecule has 0 heterocycles. The topological polar surface area (TPSA) is 55.4 Å². The molecular weight excluding hydrogens is 336 g/mol. The largest absolute Gasteiger partial charge is 0.433 e. The quantitative estimate of drug-likeness (QED) is 0.869. The van der Waals surface area contributed by atoms with Crippen LogP contribution in [0.5, 0.6) is 5.75 Å². The van der Waals surface area contributed by atoms with Gasteiger partial charge in [0.15, 0.2) is 0 Å². The number of ether oxygens (including phenoxy) is 1. The van der Waals surface area contributed by atoms with Crippen LogP contribution in [-0.2, 0) is 10.0 Å². The Balaban J connectivity index is 2.48. The monoisotopic (exact) mass is 355 g/mol. The van der Waals surface area contributed by atoms with Crippen molar-refractivity contribution in [3.8, 4) is 5.75 Å². The number of hydrogen-bond donors (Lipinski definition) is 1. The fourth-order valence-corrected chi connectivity index (χ4v) is 4.22. The predicted molar refractivity (Wildman–Crippen MR) is 89.3 cm³/mol. The molecule has 0 saturated heterocycles. The highest BCUT2D eigenvalue weighted by molar-refractivity contribution is 7.92. The van der Waals surface area contributed by atoms with Crippen LogP contribution in [0.3, 0.4) is 0 Å². The zero-order chi connectivity index (χ0) is 18.1. The Bertz CT molecular complexity index is 841. The van der Waals surface area contributed by atoms with Crippen LogP contribution in [0, 0.1) is 27.7 Å². The minimum atomic E-state index is -3.94. The highest BCUT2D eigenvalue weighted by atomic mass is 32.2. The summed E-state index contributed by atoms with van der Waals surface area (Å²) in [5.41, 5.74) is 2.77. The van der Waals surface area contributed by atoms with E-state index in [4.69, 9.17) is 0 Å². The van der Waals surface area contributed by atoms with Gasteiger partial charge in [-0.15, -0.1) is 0 Å². The SMILES string of the molecule is Cc1cc(C)c(S(=O)(=O)Nc2ccc(C)cc2OC(F)F)c(C)c1. The van der Waals surface area contributed by atoms with Crippen molar-refractivity contribution in [1.82, 2.24) is 0 Å². The summed E-state index contributed by atoms with van der Waals surface area (Å²) in [7, 11) is -3.94. The maximum atomic E-state index is 12.7. The molecular formula is C17H19F2NO3S. The van der Waals surface area contributed by atoms with Gasteiger partial charge in [0, 0.05) is 0 Å². The summed E-state index contributed by atoms with van der Waals surface area (Å²) in [5.74, 6) is -0.212. The van der Waals surface area contributed by atoms with E-state index < -0.39 is 16.6 Å². The van der Waals surface area contributed by atoms with Gasteiger partial charge in [0.2, 0.25) is 0 Å². The molecule has 0 unspecified atom stereocenters. The minimum absolute atomic E-state index is 0.0275. The summed E-state index contributed by atoms with van der Waals surface area (Å²) >= 11 is 0. The summed E-state index contributed by atoms with van der Waals surface area (Å²) in [6, 6.07) is 7.90. The molecule has 130 valence electrons. The lowest BCUT2D eigenvalue weighted by Crippen LogP contribution is -2.17. The number of anilines is 1. The van der Waals surface area contributed by atoms with E-state index in [0.717, 1.165) is 5.56 Å². The van der Waals surface area contributed by atoms with Gasteiger partial charge in [-0.2, -0.15) is 8.78 Å². The summed E-state index contributed by atoms with van der Waals surface area (Å²) in [6.07, 6.45) is 0. The van der Waals surface area contributed by atoms with Gasteiger partial charge < -0.3 is 4.74 Å². The molecule has 24 heavy (non-hydrogen) atoms. The van der Waals surface area contributed by atoms with Crippen LogP contribution in [0.15, 0.2) is 35.2 Å². The van der Waals surface area contributed by atoms with E-state index in [0.29, 0.717) is 16.7 Å². The van der Waals surface area contributed by atoms with Gasteiger partial charge in [-0.05, 0) is 56.5 Å². The molecule has 2 aromatic rings. The summed E-state index contributed by atoms with van der Waals surface area (Å²) in [5, 5.41) is 0. The Morgan fingerprint density at radius 1 is 0.958 bits per heavy atom. The van der Waals surface area contributed by atoms with Crippen molar-refractivity contribution in [2.75, 3.05) is 4.72 Å². The summed E-state index contributed by atoms with van der Waals surface area (Å²) in [4.78, 5) is 0.136. The van der Waals surface area contributed by atoms with Crippen LogP contribution >= 0.6 is 0 Å². The maximum Gasteiger partial charge on any atom is 0.387 e. The fourth-order valence-electron chi connectivity index (χ4n) is 2.69. The van der Waals surface area contributed by atoms with Gasteiger partial charge in [-0.25, -0.2) is 8.42 Å².